The number of carbonyl (C=O) groups excluding carboxylic acids is 2. The lowest BCUT2D eigenvalue weighted by Crippen LogP contribution is -2.07. The minimum Gasteiger partial charge on any atom is -0.465 e. The molecule has 0 saturated heterocycles. The van der Waals surface area contributed by atoms with Crippen molar-refractivity contribution < 1.29 is 19.1 Å². The number of ether oxygens (including phenoxy) is 2. The van der Waals surface area contributed by atoms with Crippen LogP contribution >= 0.6 is 0 Å². The van der Waals surface area contributed by atoms with Crippen LogP contribution in [-0.4, -0.2) is 40.9 Å². The highest BCUT2D eigenvalue weighted by molar-refractivity contribution is 5.91. The van der Waals surface area contributed by atoms with Crippen LogP contribution in [0.3, 0.4) is 0 Å². The zero-order chi connectivity index (χ0) is 14.7. The molecule has 1 aromatic heterocycles. The average molecular weight is 276 g/mol. The first-order valence-corrected chi connectivity index (χ1v) is 5.55. The summed E-state index contributed by atoms with van der Waals surface area (Å²) in [4.78, 5) is 26.5. The van der Waals surface area contributed by atoms with Gasteiger partial charge >= 0.3 is 11.9 Å². The Labute approximate surface area is 114 Å². The zero-order valence-corrected chi connectivity index (χ0v) is 10.9. The van der Waals surface area contributed by atoms with E-state index in [1.807, 2.05) is 0 Å². The Morgan fingerprint density at radius 3 is 2.50 bits per heavy atom. The van der Waals surface area contributed by atoms with Crippen molar-refractivity contribution in [2.45, 2.75) is 0 Å². The summed E-state index contributed by atoms with van der Waals surface area (Å²) in [5.41, 5.74) is 6.96. The van der Waals surface area contributed by atoms with Crippen LogP contribution in [0.2, 0.25) is 0 Å². The molecule has 0 aliphatic rings. The monoisotopic (exact) mass is 276 g/mol. The lowest BCUT2D eigenvalue weighted by molar-refractivity contribution is 0.0583. The number of hydrogen-bond acceptors (Lipinski definition) is 7. The highest BCUT2D eigenvalue weighted by Crippen LogP contribution is 2.18. The maximum atomic E-state index is 11.4. The van der Waals surface area contributed by atoms with Gasteiger partial charge in [0.1, 0.15) is 6.33 Å². The molecule has 8 heteroatoms. The molecule has 0 spiro atoms. The third-order valence-corrected chi connectivity index (χ3v) is 2.56. The molecule has 0 fully saturated rings. The van der Waals surface area contributed by atoms with Crippen LogP contribution in [0.25, 0.3) is 5.69 Å². The number of nitrogen functional groups attached to an aromatic ring is 1. The van der Waals surface area contributed by atoms with Gasteiger partial charge in [0.05, 0.1) is 31.2 Å². The number of nitrogens with two attached hydrogens (primary N) is 1. The third kappa shape index (κ3) is 2.44. The number of rotatable bonds is 3. The number of esters is 2. The highest BCUT2D eigenvalue weighted by atomic mass is 16.5. The zero-order valence-electron chi connectivity index (χ0n) is 10.9. The van der Waals surface area contributed by atoms with E-state index in [4.69, 9.17) is 5.73 Å². The van der Waals surface area contributed by atoms with Gasteiger partial charge in [-0.25, -0.2) is 19.3 Å². The van der Waals surface area contributed by atoms with Crippen LogP contribution in [0.15, 0.2) is 24.5 Å². The third-order valence-electron chi connectivity index (χ3n) is 2.56. The SMILES string of the molecule is COC(=O)c1ccc(-n2cnc(C(=O)OC)n2)c(N)c1. The molecule has 0 aliphatic heterocycles. The Hall–Kier alpha value is -2.90. The molecule has 2 aromatic rings. The van der Waals surface area contributed by atoms with Crippen molar-refractivity contribution in [3.8, 4) is 5.69 Å². The van der Waals surface area contributed by atoms with Crippen molar-refractivity contribution >= 4 is 17.6 Å². The first-order valence-electron chi connectivity index (χ1n) is 5.55. The average Bonchev–Trinajstić information content (AvgIpc) is 2.94. The minimum atomic E-state index is -0.645. The largest absolute Gasteiger partial charge is 0.465 e. The fraction of sp³-hybridized carbons (Fsp3) is 0.167. The van der Waals surface area contributed by atoms with E-state index in [1.165, 1.54) is 37.4 Å². The second-order valence-corrected chi connectivity index (χ2v) is 3.77. The van der Waals surface area contributed by atoms with Crippen molar-refractivity contribution in [3.63, 3.8) is 0 Å². The number of carbonyl (C=O) groups is 2. The number of benzene rings is 1. The van der Waals surface area contributed by atoms with Gasteiger partial charge in [-0.15, -0.1) is 5.10 Å². The molecule has 1 aromatic carbocycles. The highest BCUT2D eigenvalue weighted by Gasteiger charge is 2.14. The van der Waals surface area contributed by atoms with E-state index in [2.05, 4.69) is 19.6 Å². The van der Waals surface area contributed by atoms with Crippen LogP contribution in [0.1, 0.15) is 21.0 Å². The van der Waals surface area contributed by atoms with E-state index in [1.54, 1.807) is 6.07 Å². The fourth-order valence-corrected chi connectivity index (χ4v) is 1.57. The second kappa shape index (κ2) is 5.39. The fourth-order valence-electron chi connectivity index (χ4n) is 1.57. The van der Waals surface area contributed by atoms with Crippen LogP contribution in [0.5, 0.6) is 0 Å². The molecule has 2 N–H and O–H groups in total. The first-order chi connectivity index (χ1) is 9.56. The molecule has 0 amide bonds. The van der Waals surface area contributed by atoms with Crippen LogP contribution < -0.4 is 5.73 Å². The van der Waals surface area contributed by atoms with E-state index in [9.17, 15) is 9.59 Å². The molecular weight excluding hydrogens is 264 g/mol. The lowest BCUT2D eigenvalue weighted by atomic mass is 10.2. The standard InChI is InChI=1S/C12H12N4O4/c1-19-11(17)7-3-4-9(8(13)5-7)16-6-14-10(15-16)12(18)20-2/h3-6H,13H2,1-2H3. The smallest absolute Gasteiger partial charge is 0.377 e. The first kappa shape index (κ1) is 13.5. The number of hydrogen-bond donors (Lipinski definition) is 1. The van der Waals surface area contributed by atoms with Crippen LogP contribution in [0, 0.1) is 0 Å². The molecule has 104 valence electrons. The van der Waals surface area contributed by atoms with Gasteiger partial charge in [0.15, 0.2) is 0 Å². The molecule has 0 radical (unpaired) electrons. The van der Waals surface area contributed by atoms with E-state index in [-0.39, 0.29) is 5.82 Å². The maximum absolute atomic E-state index is 11.4. The topological polar surface area (TPSA) is 109 Å². The van der Waals surface area contributed by atoms with Crippen molar-refractivity contribution in [2.75, 3.05) is 20.0 Å². The minimum absolute atomic E-state index is 0.0797. The molecular formula is C12H12N4O4. The number of aromatic nitrogens is 3. The number of anilines is 1. The summed E-state index contributed by atoms with van der Waals surface area (Å²) >= 11 is 0. The van der Waals surface area contributed by atoms with E-state index in [0.717, 1.165) is 0 Å². The number of methoxy groups -OCH3 is 2. The molecule has 0 aliphatic carbocycles. The van der Waals surface area contributed by atoms with Crippen LogP contribution in [0.4, 0.5) is 5.69 Å². The Morgan fingerprint density at radius 1 is 1.20 bits per heavy atom. The van der Waals surface area contributed by atoms with E-state index >= 15 is 0 Å². The van der Waals surface area contributed by atoms with Gasteiger partial charge in [-0.2, -0.15) is 0 Å². The summed E-state index contributed by atoms with van der Waals surface area (Å²) in [6, 6.07) is 4.58. The van der Waals surface area contributed by atoms with Gasteiger partial charge in [-0.1, -0.05) is 0 Å². The summed E-state index contributed by atoms with van der Waals surface area (Å²) in [5, 5.41) is 3.94. The van der Waals surface area contributed by atoms with Crippen molar-refractivity contribution in [2.24, 2.45) is 0 Å². The van der Waals surface area contributed by atoms with E-state index in [0.29, 0.717) is 16.9 Å². The molecule has 0 saturated carbocycles. The van der Waals surface area contributed by atoms with Gasteiger partial charge in [-0.05, 0) is 18.2 Å². The number of nitrogens with zero attached hydrogens (tertiary/aromatic N) is 3. The molecule has 0 bridgehead atoms. The van der Waals surface area contributed by atoms with Crippen molar-refractivity contribution in [3.05, 3.63) is 35.9 Å². The Balaban J connectivity index is 2.36. The van der Waals surface area contributed by atoms with Gasteiger partial charge in [0, 0.05) is 0 Å². The maximum Gasteiger partial charge on any atom is 0.377 e. The van der Waals surface area contributed by atoms with Crippen LogP contribution in [-0.2, 0) is 9.47 Å². The summed E-state index contributed by atoms with van der Waals surface area (Å²) in [6.07, 6.45) is 1.33. The summed E-state index contributed by atoms with van der Waals surface area (Å²) < 4.78 is 10.4. The predicted molar refractivity (Wildman–Crippen MR) is 68.5 cm³/mol. The summed E-state index contributed by atoms with van der Waals surface area (Å²) in [6.45, 7) is 0. The van der Waals surface area contributed by atoms with E-state index < -0.39 is 11.9 Å². The van der Waals surface area contributed by atoms with Gasteiger partial charge in [0.2, 0.25) is 0 Å². The molecule has 2 rings (SSSR count). The molecule has 0 unspecified atom stereocenters. The molecule has 20 heavy (non-hydrogen) atoms. The summed E-state index contributed by atoms with van der Waals surface area (Å²) in [7, 11) is 2.52. The summed E-state index contributed by atoms with van der Waals surface area (Å²) in [5.74, 6) is -1.21. The normalized spacial score (nSPS) is 10.1. The quantitative estimate of drug-likeness (QED) is 0.639. The van der Waals surface area contributed by atoms with Gasteiger partial charge < -0.3 is 15.2 Å². The van der Waals surface area contributed by atoms with Crippen molar-refractivity contribution in [1.82, 2.24) is 14.8 Å². The van der Waals surface area contributed by atoms with Crippen molar-refractivity contribution in [1.29, 1.82) is 0 Å². The second-order valence-electron chi connectivity index (χ2n) is 3.77. The molecule has 1 heterocycles. The molecule has 0 atom stereocenters. The molecule has 8 nitrogen and oxygen atoms in total. The van der Waals surface area contributed by atoms with Gasteiger partial charge in [0.25, 0.3) is 5.82 Å². The van der Waals surface area contributed by atoms with Gasteiger partial charge in [-0.3, -0.25) is 0 Å². The Morgan fingerprint density at radius 2 is 1.90 bits per heavy atom. The predicted octanol–water partition coefficient (Wildman–Crippen LogP) is 0.423. The Bertz CT molecular complexity index is 665. The lowest BCUT2D eigenvalue weighted by Gasteiger charge is -2.06. The Kier molecular flexibility index (Phi) is 3.65.